The van der Waals surface area contributed by atoms with E-state index in [0.29, 0.717) is 11.8 Å². The minimum atomic E-state index is 0. The fourth-order valence-electron chi connectivity index (χ4n) is 2.49. The van der Waals surface area contributed by atoms with E-state index >= 15 is 0 Å². The van der Waals surface area contributed by atoms with Crippen LogP contribution in [-0.2, 0) is 4.79 Å². The van der Waals surface area contributed by atoms with Crippen molar-refractivity contribution < 1.29 is 17.2 Å². The van der Waals surface area contributed by atoms with Gasteiger partial charge >= 0.3 is 0 Å². The average Bonchev–Trinajstić information content (AvgIpc) is 2.30. The third-order valence-corrected chi connectivity index (χ3v) is 3.38. The maximum absolute atomic E-state index is 12.1. The smallest absolute Gasteiger partial charge is 0.225 e. The van der Waals surface area contributed by atoms with Crippen molar-refractivity contribution in [3.8, 4) is 0 Å². The normalized spacial score (nSPS) is 23.3. The number of carbonyl (C=O) groups is 1. The van der Waals surface area contributed by atoms with Gasteiger partial charge in [0, 0.05) is 32.1 Å². The molecule has 1 aliphatic carbocycles. The second-order valence-corrected chi connectivity index (χ2v) is 4.41. The molecule has 0 aromatic heterocycles. The molecule has 1 saturated heterocycles. The van der Waals surface area contributed by atoms with Gasteiger partial charge in [0.25, 0.3) is 0 Å². The molecule has 2 aliphatic rings. The molecule has 2 fully saturated rings. The number of nitrogens with one attached hydrogen (secondary N) is 1. The molecule has 15 heavy (non-hydrogen) atoms. The topological polar surface area (TPSA) is 32.3 Å². The van der Waals surface area contributed by atoms with Crippen LogP contribution in [0.2, 0.25) is 0 Å². The minimum absolute atomic E-state index is 0. The first-order chi connectivity index (χ1) is 6.88. The number of hydrogen-bond acceptors (Lipinski definition) is 2. The number of amides is 1. The molecule has 0 radical (unpaired) electrons. The molecule has 1 heterocycles. The van der Waals surface area contributed by atoms with E-state index in [4.69, 9.17) is 0 Å². The Hall–Kier alpha value is -0.280. The van der Waals surface area contributed by atoms with Gasteiger partial charge in [0.1, 0.15) is 0 Å². The standard InChI is InChI=1S/C11H20N2O.ClH/c14-11(10-4-2-1-3-5-10)13-8-6-12-7-9-13;/h10,12H,1-9H2;1H/p-1. The predicted octanol–water partition coefficient (Wildman–Crippen LogP) is -2.00. The molecule has 1 aliphatic heterocycles. The molecule has 3 nitrogen and oxygen atoms in total. The van der Waals surface area contributed by atoms with Crippen molar-refractivity contribution in [1.29, 1.82) is 0 Å². The van der Waals surface area contributed by atoms with Crippen LogP contribution in [0.1, 0.15) is 32.1 Å². The molecule has 4 heteroatoms. The van der Waals surface area contributed by atoms with Crippen LogP contribution in [0.3, 0.4) is 0 Å². The lowest BCUT2D eigenvalue weighted by Crippen LogP contribution is -3.00. The Morgan fingerprint density at radius 2 is 1.67 bits per heavy atom. The molecule has 0 spiro atoms. The lowest BCUT2D eigenvalue weighted by atomic mass is 9.88. The summed E-state index contributed by atoms with van der Waals surface area (Å²) >= 11 is 0. The summed E-state index contributed by atoms with van der Waals surface area (Å²) < 4.78 is 0. The summed E-state index contributed by atoms with van der Waals surface area (Å²) in [7, 11) is 0. The monoisotopic (exact) mass is 231 g/mol. The summed E-state index contributed by atoms with van der Waals surface area (Å²) in [5.41, 5.74) is 0. The van der Waals surface area contributed by atoms with Crippen LogP contribution in [0.25, 0.3) is 0 Å². The Kier molecular flexibility index (Phi) is 5.40. The first-order valence-electron chi connectivity index (χ1n) is 5.87. The van der Waals surface area contributed by atoms with Gasteiger partial charge in [-0.2, -0.15) is 0 Å². The van der Waals surface area contributed by atoms with Gasteiger partial charge in [-0.15, -0.1) is 0 Å². The molecular formula is C11H20ClN2O-. The SMILES string of the molecule is O=C(C1CCCCC1)N1CCNCC1.[Cl-]. The fraction of sp³-hybridized carbons (Fsp3) is 0.909. The first kappa shape index (κ1) is 12.8. The van der Waals surface area contributed by atoms with Gasteiger partial charge in [-0.3, -0.25) is 4.79 Å². The molecule has 0 unspecified atom stereocenters. The van der Waals surface area contributed by atoms with Gasteiger partial charge in [-0.1, -0.05) is 19.3 Å². The first-order valence-corrected chi connectivity index (χ1v) is 5.87. The summed E-state index contributed by atoms with van der Waals surface area (Å²) in [5, 5.41) is 3.28. The molecule has 88 valence electrons. The maximum Gasteiger partial charge on any atom is 0.225 e. The largest absolute Gasteiger partial charge is 1.00 e. The fourth-order valence-corrected chi connectivity index (χ4v) is 2.49. The average molecular weight is 232 g/mol. The van der Waals surface area contributed by atoms with E-state index in [1.54, 1.807) is 0 Å². The molecule has 2 rings (SSSR count). The maximum atomic E-state index is 12.1. The summed E-state index contributed by atoms with van der Waals surface area (Å²) in [6.07, 6.45) is 6.09. The highest BCUT2D eigenvalue weighted by Crippen LogP contribution is 2.25. The molecule has 0 aromatic rings. The highest BCUT2D eigenvalue weighted by Gasteiger charge is 2.26. The second-order valence-electron chi connectivity index (χ2n) is 4.41. The number of piperazine rings is 1. The van der Waals surface area contributed by atoms with E-state index in [9.17, 15) is 4.79 Å². The zero-order chi connectivity index (χ0) is 9.80. The number of halogens is 1. The van der Waals surface area contributed by atoms with Gasteiger partial charge in [0.15, 0.2) is 0 Å². The van der Waals surface area contributed by atoms with E-state index in [-0.39, 0.29) is 12.4 Å². The predicted molar refractivity (Wildman–Crippen MR) is 56.0 cm³/mol. The van der Waals surface area contributed by atoms with Crippen molar-refractivity contribution in [3.63, 3.8) is 0 Å². The molecular weight excluding hydrogens is 212 g/mol. The lowest BCUT2D eigenvalue weighted by molar-refractivity contribution is -0.137. The molecule has 1 saturated carbocycles. The third-order valence-electron chi connectivity index (χ3n) is 3.38. The Morgan fingerprint density at radius 3 is 2.27 bits per heavy atom. The zero-order valence-corrected chi connectivity index (χ0v) is 9.93. The van der Waals surface area contributed by atoms with Crippen molar-refractivity contribution in [1.82, 2.24) is 10.2 Å². The van der Waals surface area contributed by atoms with E-state index < -0.39 is 0 Å². The van der Waals surface area contributed by atoms with Crippen LogP contribution < -0.4 is 17.7 Å². The molecule has 0 bridgehead atoms. The highest BCUT2D eigenvalue weighted by molar-refractivity contribution is 5.79. The molecule has 0 atom stereocenters. The zero-order valence-electron chi connectivity index (χ0n) is 9.17. The Bertz CT molecular complexity index is 179. The van der Waals surface area contributed by atoms with E-state index in [1.807, 2.05) is 4.90 Å². The summed E-state index contributed by atoms with van der Waals surface area (Å²) in [6, 6.07) is 0. The third kappa shape index (κ3) is 3.35. The second kappa shape index (κ2) is 6.33. The van der Waals surface area contributed by atoms with Gasteiger partial charge < -0.3 is 22.6 Å². The number of carbonyl (C=O) groups excluding carboxylic acids is 1. The van der Waals surface area contributed by atoms with Crippen molar-refractivity contribution in [2.24, 2.45) is 5.92 Å². The van der Waals surface area contributed by atoms with Crippen LogP contribution in [0.5, 0.6) is 0 Å². The van der Waals surface area contributed by atoms with Crippen LogP contribution >= 0.6 is 0 Å². The minimum Gasteiger partial charge on any atom is -1.00 e. The van der Waals surface area contributed by atoms with Crippen LogP contribution in [0.4, 0.5) is 0 Å². The van der Waals surface area contributed by atoms with Gasteiger partial charge in [-0.25, -0.2) is 0 Å². The van der Waals surface area contributed by atoms with E-state index in [1.165, 1.54) is 19.3 Å². The molecule has 1 N–H and O–H groups in total. The lowest BCUT2D eigenvalue weighted by Gasteiger charge is -2.32. The van der Waals surface area contributed by atoms with Crippen molar-refractivity contribution >= 4 is 5.91 Å². The Morgan fingerprint density at radius 1 is 1.07 bits per heavy atom. The van der Waals surface area contributed by atoms with Crippen molar-refractivity contribution in [2.75, 3.05) is 26.2 Å². The van der Waals surface area contributed by atoms with Crippen molar-refractivity contribution in [3.05, 3.63) is 0 Å². The molecule has 1 amide bonds. The van der Waals surface area contributed by atoms with Gasteiger partial charge in [0.05, 0.1) is 0 Å². The summed E-state index contributed by atoms with van der Waals surface area (Å²) in [5.74, 6) is 0.771. The van der Waals surface area contributed by atoms with Crippen LogP contribution in [0.15, 0.2) is 0 Å². The van der Waals surface area contributed by atoms with Crippen molar-refractivity contribution in [2.45, 2.75) is 32.1 Å². The molecule has 0 aromatic carbocycles. The Labute approximate surface area is 98.0 Å². The van der Waals surface area contributed by atoms with E-state index in [2.05, 4.69) is 5.32 Å². The van der Waals surface area contributed by atoms with Crippen LogP contribution in [-0.4, -0.2) is 37.0 Å². The van der Waals surface area contributed by atoms with Crippen LogP contribution in [0, 0.1) is 5.92 Å². The van der Waals surface area contributed by atoms with Gasteiger partial charge in [-0.05, 0) is 12.8 Å². The summed E-state index contributed by atoms with van der Waals surface area (Å²) in [4.78, 5) is 14.1. The number of rotatable bonds is 1. The van der Waals surface area contributed by atoms with Gasteiger partial charge in [0.2, 0.25) is 5.91 Å². The van der Waals surface area contributed by atoms with E-state index in [0.717, 1.165) is 39.0 Å². The quantitative estimate of drug-likeness (QED) is 0.567. The number of nitrogens with zero attached hydrogens (tertiary/aromatic N) is 1. The summed E-state index contributed by atoms with van der Waals surface area (Å²) in [6.45, 7) is 3.77. The highest BCUT2D eigenvalue weighted by atomic mass is 35.5. The number of hydrogen-bond donors (Lipinski definition) is 1. The Balaban J connectivity index is 0.00000112.